The van der Waals surface area contributed by atoms with Crippen LogP contribution >= 0.6 is 0 Å². The predicted molar refractivity (Wildman–Crippen MR) is 82.7 cm³/mol. The molecule has 0 bridgehead atoms. The van der Waals surface area contributed by atoms with Gasteiger partial charge in [0.05, 0.1) is 5.52 Å². The summed E-state index contributed by atoms with van der Waals surface area (Å²) >= 11 is 0. The number of rotatable bonds is 6. The number of anilines is 1. The molecule has 1 aromatic carbocycles. The van der Waals surface area contributed by atoms with Crippen LogP contribution in [-0.4, -0.2) is 25.1 Å². The van der Waals surface area contributed by atoms with Crippen LogP contribution in [0.4, 0.5) is 5.82 Å². The van der Waals surface area contributed by atoms with E-state index in [0.717, 1.165) is 24.3 Å². The Morgan fingerprint density at radius 2 is 2.05 bits per heavy atom. The molecule has 19 heavy (non-hydrogen) atoms. The van der Waals surface area contributed by atoms with E-state index in [1.165, 1.54) is 23.8 Å². The second-order valence-electron chi connectivity index (χ2n) is 4.98. The van der Waals surface area contributed by atoms with Gasteiger partial charge in [-0.15, -0.1) is 0 Å². The van der Waals surface area contributed by atoms with Crippen LogP contribution < -0.4 is 10.6 Å². The molecule has 2 rings (SSSR count). The molecule has 0 aliphatic rings. The van der Waals surface area contributed by atoms with Gasteiger partial charge in [0.2, 0.25) is 0 Å². The lowest BCUT2D eigenvalue weighted by Crippen LogP contribution is -2.22. The maximum atomic E-state index is 5.73. The summed E-state index contributed by atoms with van der Waals surface area (Å²) in [5.41, 5.74) is 8.03. The summed E-state index contributed by atoms with van der Waals surface area (Å²) in [7, 11) is 2.12. The van der Waals surface area contributed by atoms with Crippen molar-refractivity contribution in [1.29, 1.82) is 0 Å². The van der Waals surface area contributed by atoms with Crippen LogP contribution in [0.25, 0.3) is 10.9 Å². The fourth-order valence-corrected chi connectivity index (χ4v) is 2.32. The smallest absolute Gasteiger partial charge is 0.132 e. The van der Waals surface area contributed by atoms with Gasteiger partial charge in [-0.25, -0.2) is 4.98 Å². The first-order valence-electron chi connectivity index (χ1n) is 7.06. The van der Waals surface area contributed by atoms with E-state index in [1.54, 1.807) is 0 Å². The van der Waals surface area contributed by atoms with Gasteiger partial charge in [-0.1, -0.05) is 31.5 Å². The second-order valence-corrected chi connectivity index (χ2v) is 4.98. The Morgan fingerprint density at radius 1 is 1.26 bits per heavy atom. The van der Waals surface area contributed by atoms with Crippen molar-refractivity contribution in [1.82, 2.24) is 4.98 Å². The number of para-hydroxylation sites is 1. The highest BCUT2D eigenvalue weighted by molar-refractivity contribution is 5.81. The van der Waals surface area contributed by atoms with Gasteiger partial charge < -0.3 is 10.6 Å². The lowest BCUT2D eigenvalue weighted by Gasteiger charge is -2.21. The molecule has 0 aliphatic carbocycles. The van der Waals surface area contributed by atoms with Crippen molar-refractivity contribution >= 4 is 16.7 Å². The van der Waals surface area contributed by atoms with Crippen LogP contribution in [0.2, 0.25) is 0 Å². The summed E-state index contributed by atoms with van der Waals surface area (Å²) in [4.78, 5) is 7.07. The number of hydrogen-bond acceptors (Lipinski definition) is 3. The van der Waals surface area contributed by atoms with Crippen molar-refractivity contribution in [2.45, 2.75) is 26.2 Å². The minimum Gasteiger partial charge on any atom is -0.359 e. The van der Waals surface area contributed by atoms with Gasteiger partial charge >= 0.3 is 0 Å². The quantitative estimate of drug-likeness (QED) is 0.865. The van der Waals surface area contributed by atoms with Gasteiger partial charge in [-0.2, -0.15) is 0 Å². The lowest BCUT2D eigenvalue weighted by molar-refractivity contribution is 0.755. The minimum atomic E-state index is 0.661. The maximum absolute atomic E-state index is 5.73. The Kier molecular flexibility index (Phi) is 4.74. The fourth-order valence-electron chi connectivity index (χ4n) is 2.32. The average Bonchev–Trinajstić information content (AvgIpc) is 2.44. The van der Waals surface area contributed by atoms with Crippen molar-refractivity contribution in [2.24, 2.45) is 5.73 Å². The normalized spacial score (nSPS) is 10.9. The number of fused-ring (bicyclic) bond motifs is 1. The molecule has 1 aromatic heterocycles. The standard InChI is InChI=1S/C16H23N3/c1-3-4-11-19(2)16-14(9-10-17)12-13-7-5-6-8-15(13)18-16/h5-8,12H,3-4,9-11,17H2,1-2H3. The molecule has 0 amide bonds. The molecule has 102 valence electrons. The highest BCUT2D eigenvalue weighted by Crippen LogP contribution is 2.23. The van der Waals surface area contributed by atoms with Gasteiger partial charge in [0.15, 0.2) is 0 Å². The van der Waals surface area contributed by atoms with Gasteiger partial charge in [0, 0.05) is 19.0 Å². The van der Waals surface area contributed by atoms with Crippen LogP contribution in [0.15, 0.2) is 30.3 Å². The number of nitrogens with zero attached hydrogens (tertiary/aromatic N) is 2. The molecule has 0 saturated carbocycles. The minimum absolute atomic E-state index is 0.661. The zero-order valence-corrected chi connectivity index (χ0v) is 11.9. The van der Waals surface area contributed by atoms with E-state index in [9.17, 15) is 0 Å². The van der Waals surface area contributed by atoms with Crippen LogP contribution in [0.5, 0.6) is 0 Å². The van der Waals surface area contributed by atoms with Crippen molar-refractivity contribution in [3.63, 3.8) is 0 Å². The van der Waals surface area contributed by atoms with E-state index in [1.807, 2.05) is 6.07 Å². The van der Waals surface area contributed by atoms with E-state index in [-0.39, 0.29) is 0 Å². The van der Waals surface area contributed by atoms with Crippen molar-refractivity contribution in [3.8, 4) is 0 Å². The molecule has 2 N–H and O–H groups in total. The highest BCUT2D eigenvalue weighted by Gasteiger charge is 2.10. The van der Waals surface area contributed by atoms with Crippen LogP contribution in [-0.2, 0) is 6.42 Å². The average molecular weight is 257 g/mol. The Morgan fingerprint density at radius 3 is 2.79 bits per heavy atom. The molecule has 3 heteroatoms. The van der Waals surface area contributed by atoms with Crippen LogP contribution in [0.1, 0.15) is 25.3 Å². The SMILES string of the molecule is CCCCN(C)c1nc2ccccc2cc1CCN. The Bertz CT molecular complexity index is 537. The van der Waals surface area contributed by atoms with Crippen LogP contribution in [0, 0.1) is 0 Å². The predicted octanol–water partition coefficient (Wildman–Crippen LogP) is 2.97. The molecule has 0 atom stereocenters. The number of benzene rings is 1. The van der Waals surface area contributed by atoms with Gasteiger partial charge in [0.1, 0.15) is 5.82 Å². The summed E-state index contributed by atoms with van der Waals surface area (Å²) in [6, 6.07) is 10.5. The highest BCUT2D eigenvalue weighted by atomic mass is 15.2. The molecular formula is C16H23N3. The number of hydrogen-bond donors (Lipinski definition) is 1. The van der Waals surface area contributed by atoms with Gasteiger partial charge in [-0.05, 0) is 37.1 Å². The largest absolute Gasteiger partial charge is 0.359 e. The van der Waals surface area contributed by atoms with E-state index < -0.39 is 0 Å². The van der Waals surface area contributed by atoms with Gasteiger partial charge in [-0.3, -0.25) is 0 Å². The zero-order valence-electron chi connectivity index (χ0n) is 11.9. The molecule has 1 heterocycles. The number of aromatic nitrogens is 1. The van der Waals surface area contributed by atoms with Crippen molar-refractivity contribution in [3.05, 3.63) is 35.9 Å². The number of unbranched alkanes of at least 4 members (excludes halogenated alkanes) is 1. The Hall–Kier alpha value is -1.61. The van der Waals surface area contributed by atoms with Crippen molar-refractivity contribution in [2.75, 3.05) is 25.0 Å². The second kappa shape index (κ2) is 6.53. The summed E-state index contributed by atoms with van der Waals surface area (Å²) < 4.78 is 0. The summed E-state index contributed by atoms with van der Waals surface area (Å²) in [5, 5.41) is 1.19. The summed E-state index contributed by atoms with van der Waals surface area (Å²) in [6.45, 7) is 3.91. The summed E-state index contributed by atoms with van der Waals surface area (Å²) in [6.07, 6.45) is 3.26. The van der Waals surface area contributed by atoms with Crippen LogP contribution in [0.3, 0.4) is 0 Å². The maximum Gasteiger partial charge on any atom is 0.132 e. The molecule has 3 nitrogen and oxygen atoms in total. The third-order valence-corrected chi connectivity index (χ3v) is 3.40. The monoisotopic (exact) mass is 257 g/mol. The fraction of sp³-hybridized carbons (Fsp3) is 0.438. The third kappa shape index (κ3) is 3.24. The molecule has 0 aliphatic heterocycles. The third-order valence-electron chi connectivity index (χ3n) is 3.40. The molecular weight excluding hydrogens is 234 g/mol. The van der Waals surface area contributed by atoms with E-state index >= 15 is 0 Å². The van der Waals surface area contributed by atoms with E-state index in [2.05, 4.69) is 43.1 Å². The first kappa shape index (κ1) is 13.8. The molecule has 0 saturated heterocycles. The lowest BCUT2D eigenvalue weighted by atomic mass is 10.1. The zero-order chi connectivity index (χ0) is 13.7. The molecule has 0 unspecified atom stereocenters. The van der Waals surface area contributed by atoms with E-state index in [0.29, 0.717) is 6.54 Å². The van der Waals surface area contributed by atoms with E-state index in [4.69, 9.17) is 10.7 Å². The summed E-state index contributed by atoms with van der Waals surface area (Å²) in [5.74, 6) is 1.08. The first-order valence-corrected chi connectivity index (χ1v) is 7.06. The first-order chi connectivity index (χ1) is 9.26. The Balaban J connectivity index is 2.40. The Labute approximate surface area is 115 Å². The molecule has 0 radical (unpaired) electrons. The molecule has 2 aromatic rings. The molecule has 0 fully saturated rings. The van der Waals surface area contributed by atoms with Crippen molar-refractivity contribution < 1.29 is 0 Å². The molecule has 0 spiro atoms. The number of nitrogens with two attached hydrogens (primary N) is 1. The number of pyridine rings is 1. The topological polar surface area (TPSA) is 42.2 Å². The van der Waals surface area contributed by atoms with Gasteiger partial charge in [0.25, 0.3) is 0 Å².